The van der Waals surface area contributed by atoms with Crippen molar-refractivity contribution < 1.29 is 4.39 Å². The van der Waals surface area contributed by atoms with Crippen molar-refractivity contribution in [2.75, 3.05) is 0 Å². The quantitative estimate of drug-likeness (QED) is 0.408. The molecule has 0 saturated heterocycles. The first-order valence-electron chi connectivity index (χ1n) is 2.37. The van der Waals surface area contributed by atoms with Gasteiger partial charge in [-0.2, -0.15) is 0 Å². The summed E-state index contributed by atoms with van der Waals surface area (Å²) in [5.74, 6) is -0.282. The molecule has 1 heterocycles. The summed E-state index contributed by atoms with van der Waals surface area (Å²) >= 11 is 0. The Morgan fingerprint density at radius 3 is 2.62 bits per heavy atom. The normalized spacial score (nSPS) is 9.12. The first-order valence-corrected chi connectivity index (χ1v) is 2.37. The van der Waals surface area contributed by atoms with Gasteiger partial charge in [0.05, 0.1) is 6.20 Å². The van der Waals surface area contributed by atoms with Crippen LogP contribution in [0.15, 0.2) is 18.3 Å². The number of halogens is 1. The summed E-state index contributed by atoms with van der Waals surface area (Å²) in [6, 6.07) is 3.03. The third-order valence-electron chi connectivity index (χ3n) is 0.875. The van der Waals surface area contributed by atoms with Gasteiger partial charge >= 0.3 is 0 Å². The molecular formula is C5H5BFN. The maximum atomic E-state index is 12.0. The van der Waals surface area contributed by atoms with Gasteiger partial charge in [-0.15, -0.1) is 0 Å². The van der Waals surface area contributed by atoms with E-state index in [1.54, 1.807) is 6.07 Å². The van der Waals surface area contributed by atoms with Crippen LogP contribution < -0.4 is 5.59 Å². The van der Waals surface area contributed by atoms with E-state index in [2.05, 4.69) is 4.98 Å². The Hall–Kier alpha value is -0.855. The highest BCUT2D eigenvalue weighted by Gasteiger charge is 1.85. The van der Waals surface area contributed by atoms with Crippen molar-refractivity contribution in [3.63, 3.8) is 0 Å². The third-order valence-corrected chi connectivity index (χ3v) is 0.875. The van der Waals surface area contributed by atoms with Crippen molar-refractivity contribution in [3.05, 3.63) is 24.1 Å². The monoisotopic (exact) mass is 109 g/mol. The van der Waals surface area contributed by atoms with E-state index >= 15 is 0 Å². The molecule has 1 aromatic heterocycles. The van der Waals surface area contributed by atoms with Crippen LogP contribution in [-0.4, -0.2) is 12.8 Å². The lowest BCUT2D eigenvalue weighted by Gasteiger charge is -1.86. The molecule has 40 valence electrons. The molecule has 0 aromatic carbocycles. The zero-order valence-corrected chi connectivity index (χ0v) is 4.56. The van der Waals surface area contributed by atoms with E-state index in [1.807, 2.05) is 7.85 Å². The highest BCUT2D eigenvalue weighted by Crippen LogP contribution is 1.86. The van der Waals surface area contributed by atoms with E-state index in [1.165, 1.54) is 12.3 Å². The van der Waals surface area contributed by atoms with E-state index in [-0.39, 0.29) is 5.82 Å². The Morgan fingerprint density at radius 2 is 2.25 bits per heavy atom. The van der Waals surface area contributed by atoms with Gasteiger partial charge in [-0.1, -0.05) is 0 Å². The Bertz CT molecular complexity index is 151. The summed E-state index contributed by atoms with van der Waals surface area (Å²) in [6.45, 7) is 0. The molecule has 0 atom stereocenters. The molecular weight excluding hydrogens is 104 g/mol. The Balaban J connectivity index is 3.03. The minimum Gasteiger partial charge on any atom is -0.269 e. The number of nitrogens with zero attached hydrogens (tertiary/aromatic N) is 1. The lowest BCUT2D eigenvalue weighted by atomic mass is 10.0. The number of hydrogen-bond donors (Lipinski definition) is 0. The fourth-order valence-corrected chi connectivity index (χ4v) is 0.450. The second-order valence-electron chi connectivity index (χ2n) is 1.62. The molecule has 0 unspecified atom stereocenters. The van der Waals surface area contributed by atoms with Crippen LogP contribution in [0.5, 0.6) is 0 Å². The lowest BCUT2D eigenvalue weighted by molar-refractivity contribution is 0.622. The van der Waals surface area contributed by atoms with E-state index in [0.717, 1.165) is 5.59 Å². The number of hydrogen-bond acceptors (Lipinski definition) is 1. The molecule has 3 heteroatoms. The van der Waals surface area contributed by atoms with Gasteiger partial charge in [-0.25, -0.2) is 4.39 Å². The number of pyridine rings is 1. The van der Waals surface area contributed by atoms with Crippen LogP contribution in [-0.2, 0) is 0 Å². The highest BCUT2D eigenvalue weighted by molar-refractivity contribution is 6.30. The van der Waals surface area contributed by atoms with Gasteiger partial charge in [0, 0.05) is 0 Å². The fourth-order valence-electron chi connectivity index (χ4n) is 0.450. The molecule has 0 N–H and O–H groups in total. The first-order chi connectivity index (χ1) is 3.79. The molecule has 1 nitrogen and oxygen atoms in total. The average Bonchev–Trinajstić information content (AvgIpc) is 1.77. The predicted octanol–water partition coefficient (Wildman–Crippen LogP) is -0.521. The van der Waals surface area contributed by atoms with E-state index in [4.69, 9.17) is 0 Å². The van der Waals surface area contributed by atoms with Gasteiger partial charge in [0.15, 0.2) is 7.85 Å². The molecule has 0 fully saturated rings. The van der Waals surface area contributed by atoms with Gasteiger partial charge in [0.2, 0.25) is 0 Å². The molecule has 0 bridgehead atoms. The van der Waals surface area contributed by atoms with Crippen LogP contribution in [0.2, 0.25) is 0 Å². The van der Waals surface area contributed by atoms with Crippen molar-refractivity contribution in [2.45, 2.75) is 0 Å². The maximum absolute atomic E-state index is 12.0. The van der Waals surface area contributed by atoms with Crippen molar-refractivity contribution in [3.8, 4) is 0 Å². The van der Waals surface area contributed by atoms with E-state index in [9.17, 15) is 4.39 Å². The van der Waals surface area contributed by atoms with Gasteiger partial charge < -0.3 is 0 Å². The summed E-state index contributed by atoms with van der Waals surface area (Å²) in [4.78, 5) is 3.70. The second kappa shape index (κ2) is 1.94. The average molecular weight is 109 g/mol. The summed E-state index contributed by atoms with van der Waals surface area (Å²) in [6.07, 6.45) is 1.20. The Morgan fingerprint density at radius 1 is 1.50 bits per heavy atom. The van der Waals surface area contributed by atoms with Crippen LogP contribution in [0.4, 0.5) is 4.39 Å². The van der Waals surface area contributed by atoms with E-state index in [0.29, 0.717) is 0 Å². The van der Waals surface area contributed by atoms with Gasteiger partial charge in [-0.3, -0.25) is 4.98 Å². The molecule has 0 saturated carbocycles. The zero-order valence-electron chi connectivity index (χ0n) is 4.56. The molecule has 0 aliphatic heterocycles. The van der Waals surface area contributed by atoms with Crippen molar-refractivity contribution in [1.82, 2.24) is 4.98 Å². The molecule has 0 aliphatic carbocycles. The van der Waals surface area contributed by atoms with Crippen LogP contribution in [0, 0.1) is 5.82 Å². The summed E-state index contributed by atoms with van der Waals surface area (Å²) < 4.78 is 12.0. The maximum Gasteiger partial charge on any atom is 0.163 e. The van der Waals surface area contributed by atoms with Crippen molar-refractivity contribution in [1.29, 1.82) is 0 Å². The summed E-state index contributed by atoms with van der Waals surface area (Å²) in [5, 5.41) is 0. The first kappa shape index (κ1) is 5.28. The molecule has 8 heavy (non-hydrogen) atoms. The van der Waals surface area contributed by atoms with Gasteiger partial charge in [0.25, 0.3) is 0 Å². The molecule has 0 spiro atoms. The molecule has 1 rings (SSSR count). The zero-order chi connectivity index (χ0) is 5.98. The van der Waals surface area contributed by atoms with Crippen LogP contribution in [0.1, 0.15) is 0 Å². The molecule has 1 aromatic rings. The third kappa shape index (κ3) is 1.06. The van der Waals surface area contributed by atoms with Crippen LogP contribution in [0.3, 0.4) is 0 Å². The predicted molar refractivity (Wildman–Crippen MR) is 32.4 cm³/mol. The van der Waals surface area contributed by atoms with E-state index < -0.39 is 0 Å². The molecule has 0 aliphatic rings. The Kier molecular flexibility index (Phi) is 1.28. The minimum atomic E-state index is -0.282. The smallest absolute Gasteiger partial charge is 0.163 e. The molecule has 0 amide bonds. The topological polar surface area (TPSA) is 12.9 Å². The lowest BCUT2D eigenvalue weighted by Crippen LogP contribution is -2.05. The standard InChI is InChI=1S/C5H5BFN/c6-5-2-1-4(7)3-8-5/h1-3H,6H2. The minimum absolute atomic E-state index is 0.282. The second-order valence-corrected chi connectivity index (χ2v) is 1.62. The SMILES string of the molecule is Bc1ccc(F)cn1. The van der Waals surface area contributed by atoms with Crippen molar-refractivity contribution in [2.24, 2.45) is 0 Å². The highest BCUT2D eigenvalue weighted by atomic mass is 19.1. The summed E-state index contributed by atoms with van der Waals surface area (Å²) in [5.41, 5.74) is 0.839. The number of rotatable bonds is 0. The summed E-state index contributed by atoms with van der Waals surface area (Å²) in [7, 11) is 1.82. The number of aromatic nitrogens is 1. The Labute approximate surface area is 48.0 Å². The molecule has 0 radical (unpaired) electrons. The van der Waals surface area contributed by atoms with Crippen molar-refractivity contribution >= 4 is 13.4 Å². The van der Waals surface area contributed by atoms with Gasteiger partial charge in [-0.05, 0) is 17.7 Å². The van der Waals surface area contributed by atoms with Crippen LogP contribution in [0.25, 0.3) is 0 Å². The van der Waals surface area contributed by atoms with Crippen LogP contribution >= 0.6 is 0 Å². The van der Waals surface area contributed by atoms with Gasteiger partial charge in [0.1, 0.15) is 5.82 Å². The largest absolute Gasteiger partial charge is 0.269 e. The fraction of sp³-hybridized carbons (Fsp3) is 0.